The number of hydrogen-bond acceptors (Lipinski definition) is 3. The molecule has 3 rings (SSSR count). The summed E-state index contributed by atoms with van der Waals surface area (Å²) in [6, 6.07) is 11.3. The maximum absolute atomic E-state index is 12.9. The van der Waals surface area contributed by atoms with Gasteiger partial charge in [-0.25, -0.2) is 4.39 Å². The maximum Gasteiger partial charge on any atom is 0.193 e. The molecule has 0 spiro atoms. The molecule has 94 valence electrons. The van der Waals surface area contributed by atoms with Crippen LogP contribution in [0, 0.1) is 5.82 Å². The first-order chi connectivity index (χ1) is 9.13. The SMILES string of the molecule is O=c1cc(-c2ccc(F)cc2)oc2cc(O)ccc12. The molecular formula is C15H9FO3. The molecule has 3 nitrogen and oxygen atoms in total. The van der Waals surface area contributed by atoms with Gasteiger partial charge in [-0.05, 0) is 36.4 Å². The van der Waals surface area contributed by atoms with E-state index in [1.54, 1.807) is 0 Å². The van der Waals surface area contributed by atoms with Crippen molar-refractivity contribution in [3.8, 4) is 17.1 Å². The summed E-state index contributed by atoms with van der Waals surface area (Å²) in [5.74, 6) is -0.000429. The Morgan fingerprint density at radius 3 is 2.47 bits per heavy atom. The molecule has 0 aliphatic carbocycles. The Bertz CT molecular complexity index is 804. The zero-order chi connectivity index (χ0) is 13.4. The Hall–Kier alpha value is -2.62. The van der Waals surface area contributed by atoms with Crippen LogP contribution in [0.1, 0.15) is 0 Å². The summed E-state index contributed by atoms with van der Waals surface area (Å²) in [7, 11) is 0. The normalized spacial score (nSPS) is 10.8. The highest BCUT2D eigenvalue weighted by atomic mass is 19.1. The lowest BCUT2D eigenvalue weighted by molar-refractivity contribution is 0.474. The van der Waals surface area contributed by atoms with Crippen molar-refractivity contribution in [3.63, 3.8) is 0 Å². The highest BCUT2D eigenvalue weighted by Crippen LogP contribution is 2.24. The predicted octanol–water partition coefficient (Wildman–Crippen LogP) is 3.30. The molecule has 0 bridgehead atoms. The van der Waals surface area contributed by atoms with Crippen molar-refractivity contribution in [2.24, 2.45) is 0 Å². The summed E-state index contributed by atoms with van der Waals surface area (Å²) >= 11 is 0. The van der Waals surface area contributed by atoms with Crippen LogP contribution in [-0.4, -0.2) is 5.11 Å². The van der Waals surface area contributed by atoms with Gasteiger partial charge in [0, 0.05) is 17.7 Å². The van der Waals surface area contributed by atoms with E-state index in [4.69, 9.17) is 4.42 Å². The molecule has 0 saturated heterocycles. The average molecular weight is 256 g/mol. The van der Waals surface area contributed by atoms with E-state index >= 15 is 0 Å². The molecule has 0 saturated carbocycles. The molecule has 0 radical (unpaired) electrons. The molecule has 4 heteroatoms. The van der Waals surface area contributed by atoms with E-state index in [1.165, 1.54) is 48.5 Å². The second-order valence-corrected chi connectivity index (χ2v) is 4.16. The third kappa shape index (κ3) is 2.08. The number of phenols is 1. The van der Waals surface area contributed by atoms with Crippen LogP contribution in [0.3, 0.4) is 0 Å². The Kier molecular flexibility index (Phi) is 2.56. The zero-order valence-corrected chi connectivity index (χ0v) is 9.76. The summed E-state index contributed by atoms with van der Waals surface area (Å²) < 4.78 is 18.4. The Labute approximate surface area is 107 Å². The van der Waals surface area contributed by atoms with Crippen LogP contribution in [0.2, 0.25) is 0 Å². The van der Waals surface area contributed by atoms with E-state index in [2.05, 4.69) is 0 Å². The van der Waals surface area contributed by atoms with Crippen LogP contribution in [-0.2, 0) is 0 Å². The van der Waals surface area contributed by atoms with Crippen molar-refractivity contribution in [3.05, 3.63) is 64.6 Å². The van der Waals surface area contributed by atoms with Crippen molar-refractivity contribution in [2.75, 3.05) is 0 Å². The highest BCUT2D eigenvalue weighted by Gasteiger charge is 2.07. The van der Waals surface area contributed by atoms with E-state index in [-0.39, 0.29) is 17.0 Å². The van der Waals surface area contributed by atoms with Gasteiger partial charge in [-0.1, -0.05) is 0 Å². The molecule has 0 aliphatic rings. The molecule has 19 heavy (non-hydrogen) atoms. The lowest BCUT2D eigenvalue weighted by atomic mass is 10.1. The second kappa shape index (κ2) is 4.24. The molecule has 1 heterocycles. The molecule has 1 N–H and O–H groups in total. The molecule has 0 atom stereocenters. The number of benzene rings is 2. The van der Waals surface area contributed by atoms with Gasteiger partial charge in [0.05, 0.1) is 5.39 Å². The third-order valence-corrected chi connectivity index (χ3v) is 2.84. The van der Waals surface area contributed by atoms with E-state index in [0.717, 1.165) is 0 Å². The van der Waals surface area contributed by atoms with Crippen LogP contribution in [0.5, 0.6) is 5.75 Å². The fraction of sp³-hybridized carbons (Fsp3) is 0. The number of fused-ring (bicyclic) bond motifs is 1. The third-order valence-electron chi connectivity index (χ3n) is 2.84. The lowest BCUT2D eigenvalue weighted by Gasteiger charge is -2.03. The minimum atomic E-state index is -0.357. The van der Waals surface area contributed by atoms with Gasteiger partial charge in [0.25, 0.3) is 0 Å². The Morgan fingerprint density at radius 2 is 1.74 bits per heavy atom. The fourth-order valence-corrected chi connectivity index (χ4v) is 1.90. The largest absolute Gasteiger partial charge is 0.508 e. The number of rotatable bonds is 1. The Balaban J connectivity index is 2.25. The van der Waals surface area contributed by atoms with Gasteiger partial charge in [0.15, 0.2) is 5.43 Å². The summed E-state index contributed by atoms with van der Waals surface area (Å²) in [6.07, 6.45) is 0. The van der Waals surface area contributed by atoms with Crippen molar-refractivity contribution < 1.29 is 13.9 Å². The Morgan fingerprint density at radius 1 is 1.00 bits per heavy atom. The molecule has 0 unspecified atom stereocenters. The molecule has 2 aromatic carbocycles. The number of halogens is 1. The van der Waals surface area contributed by atoms with E-state index in [0.29, 0.717) is 22.3 Å². The first kappa shape index (κ1) is 11.5. The van der Waals surface area contributed by atoms with E-state index in [1.807, 2.05) is 0 Å². The molecule has 3 aromatic rings. The molecular weight excluding hydrogens is 247 g/mol. The number of phenolic OH excluding ortho intramolecular Hbond substituents is 1. The van der Waals surface area contributed by atoms with Crippen LogP contribution in [0.4, 0.5) is 4.39 Å². The van der Waals surface area contributed by atoms with Crippen molar-refractivity contribution in [1.82, 2.24) is 0 Å². The fourth-order valence-electron chi connectivity index (χ4n) is 1.90. The minimum Gasteiger partial charge on any atom is -0.508 e. The average Bonchev–Trinajstić information content (AvgIpc) is 2.38. The molecule has 1 aromatic heterocycles. The molecule has 0 fully saturated rings. The highest BCUT2D eigenvalue weighted by molar-refractivity contribution is 5.79. The second-order valence-electron chi connectivity index (χ2n) is 4.16. The quantitative estimate of drug-likeness (QED) is 0.726. The number of aromatic hydroxyl groups is 1. The predicted molar refractivity (Wildman–Crippen MR) is 69.5 cm³/mol. The van der Waals surface area contributed by atoms with Crippen LogP contribution < -0.4 is 5.43 Å². The first-order valence-corrected chi connectivity index (χ1v) is 5.66. The minimum absolute atomic E-state index is 0.0203. The summed E-state index contributed by atoms with van der Waals surface area (Å²) in [4.78, 5) is 11.9. The van der Waals surface area contributed by atoms with Gasteiger partial charge >= 0.3 is 0 Å². The van der Waals surface area contributed by atoms with Crippen molar-refractivity contribution >= 4 is 11.0 Å². The van der Waals surface area contributed by atoms with Crippen molar-refractivity contribution in [2.45, 2.75) is 0 Å². The summed E-state index contributed by atoms with van der Waals surface area (Å²) in [5, 5.41) is 9.80. The first-order valence-electron chi connectivity index (χ1n) is 5.66. The van der Waals surface area contributed by atoms with Gasteiger partial charge in [0.2, 0.25) is 0 Å². The monoisotopic (exact) mass is 256 g/mol. The van der Waals surface area contributed by atoms with Crippen molar-refractivity contribution in [1.29, 1.82) is 0 Å². The van der Waals surface area contributed by atoms with Gasteiger partial charge in [0.1, 0.15) is 22.9 Å². The van der Waals surface area contributed by atoms with E-state index in [9.17, 15) is 14.3 Å². The van der Waals surface area contributed by atoms with Gasteiger partial charge < -0.3 is 9.52 Å². The van der Waals surface area contributed by atoms with Gasteiger partial charge in [-0.15, -0.1) is 0 Å². The van der Waals surface area contributed by atoms with Gasteiger partial charge in [-0.2, -0.15) is 0 Å². The molecule has 0 amide bonds. The summed E-state index contributed by atoms with van der Waals surface area (Å²) in [5.41, 5.74) is 0.691. The summed E-state index contributed by atoms with van der Waals surface area (Å²) in [6.45, 7) is 0. The van der Waals surface area contributed by atoms with E-state index < -0.39 is 0 Å². The zero-order valence-electron chi connectivity index (χ0n) is 9.76. The van der Waals surface area contributed by atoms with Crippen LogP contribution >= 0.6 is 0 Å². The van der Waals surface area contributed by atoms with Crippen LogP contribution in [0.25, 0.3) is 22.3 Å². The standard InChI is InChI=1S/C15H9FO3/c16-10-3-1-9(2-4-10)14-8-13(18)12-6-5-11(17)7-15(12)19-14/h1-8,17H. The van der Waals surface area contributed by atoms with Gasteiger partial charge in [-0.3, -0.25) is 4.79 Å². The van der Waals surface area contributed by atoms with Crippen LogP contribution in [0.15, 0.2) is 57.7 Å². The topological polar surface area (TPSA) is 50.4 Å². The maximum atomic E-state index is 12.9. The lowest BCUT2D eigenvalue weighted by Crippen LogP contribution is -1.99. The number of hydrogen-bond donors (Lipinski definition) is 1. The molecule has 0 aliphatic heterocycles. The smallest absolute Gasteiger partial charge is 0.193 e.